The topological polar surface area (TPSA) is 77.5 Å². The molecule has 1 rings (SSSR count). The number of carbonyl (C=O) groups excluding carboxylic acids is 4. The number of cyclic esters (lactones) is 2. The standard InChI is InChI=1S/C5H6O3.C5H8O2/c6-4-2-1-3-5(7)8-4;6-4-2-1-3-5-7/h1-3H2;4-5H,1-3H2. The van der Waals surface area contributed by atoms with Crippen LogP contribution in [0.25, 0.3) is 0 Å². The van der Waals surface area contributed by atoms with Crippen molar-refractivity contribution in [1.82, 2.24) is 0 Å². The maximum absolute atomic E-state index is 10.2. The lowest BCUT2D eigenvalue weighted by atomic mass is 10.2. The Kier molecular flexibility index (Phi) is 8.13. The van der Waals surface area contributed by atoms with E-state index >= 15 is 0 Å². The third-order valence-electron chi connectivity index (χ3n) is 1.63. The van der Waals surface area contributed by atoms with Crippen LogP contribution in [0.3, 0.4) is 0 Å². The number of hydrogen-bond donors (Lipinski definition) is 0. The molecule has 0 aromatic rings. The number of carbonyl (C=O) groups is 4. The zero-order valence-corrected chi connectivity index (χ0v) is 8.44. The first-order chi connectivity index (χ1) is 7.20. The van der Waals surface area contributed by atoms with Gasteiger partial charge in [0.15, 0.2) is 0 Å². The summed E-state index contributed by atoms with van der Waals surface area (Å²) in [6, 6.07) is 0. The van der Waals surface area contributed by atoms with Crippen molar-refractivity contribution in [1.29, 1.82) is 0 Å². The summed E-state index contributed by atoms with van der Waals surface area (Å²) in [5.74, 6) is -0.775. The molecule has 1 heterocycles. The van der Waals surface area contributed by atoms with Gasteiger partial charge in [0.2, 0.25) is 0 Å². The van der Waals surface area contributed by atoms with Gasteiger partial charge in [0.25, 0.3) is 0 Å². The minimum Gasteiger partial charge on any atom is -0.393 e. The van der Waals surface area contributed by atoms with E-state index in [0.29, 0.717) is 38.5 Å². The van der Waals surface area contributed by atoms with Gasteiger partial charge < -0.3 is 14.3 Å². The van der Waals surface area contributed by atoms with Crippen molar-refractivity contribution in [3.8, 4) is 0 Å². The molecule has 0 saturated carbocycles. The predicted molar refractivity (Wildman–Crippen MR) is 50.9 cm³/mol. The fourth-order valence-electron chi connectivity index (χ4n) is 0.891. The highest BCUT2D eigenvalue weighted by Gasteiger charge is 2.15. The average Bonchev–Trinajstić information content (AvgIpc) is 2.19. The van der Waals surface area contributed by atoms with E-state index < -0.39 is 0 Å². The van der Waals surface area contributed by atoms with Crippen LogP contribution in [-0.2, 0) is 23.9 Å². The summed E-state index contributed by atoms with van der Waals surface area (Å²) < 4.78 is 4.21. The van der Waals surface area contributed by atoms with Crippen LogP contribution in [-0.4, -0.2) is 24.5 Å². The van der Waals surface area contributed by atoms with Crippen LogP contribution >= 0.6 is 0 Å². The van der Waals surface area contributed by atoms with Gasteiger partial charge in [0, 0.05) is 25.7 Å². The molecule has 0 atom stereocenters. The fourth-order valence-corrected chi connectivity index (χ4v) is 0.891. The van der Waals surface area contributed by atoms with Crippen molar-refractivity contribution < 1.29 is 23.9 Å². The SMILES string of the molecule is O=C1CCCC(=O)O1.O=CCCCC=O. The molecule has 0 N–H and O–H groups in total. The van der Waals surface area contributed by atoms with Gasteiger partial charge in [-0.3, -0.25) is 9.59 Å². The normalized spacial score (nSPS) is 14.7. The fraction of sp³-hybridized carbons (Fsp3) is 0.600. The van der Waals surface area contributed by atoms with Gasteiger partial charge in [-0.25, -0.2) is 0 Å². The van der Waals surface area contributed by atoms with E-state index in [0.717, 1.165) is 12.6 Å². The maximum atomic E-state index is 10.2. The van der Waals surface area contributed by atoms with E-state index in [-0.39, 0.29) is 11.9 Å². The molecule has 0 bridgehead atoms. The largest absolute Gasteiger partial charge is 0.393 e. The molecule has 1 aliphatic heterocycles. The summed E-state index contributed by atoms with van der Waals surface area (Å²) in [6.07, 6.45) is 4.81. The van der Waals surface area contributed by atoms with Crippen molar-refractivity contribution in [2.75, 3.05) is 0 Å². The number of rotatable bonds is 4. The Morgan fingerprint density at radius 1 is 1.00 bits per heavy atom. The summed E-state index contributed by atoms with van der Waals surface area (Å²) in [7, 11) is 0. The number of hydrogen-bond acceptors (Lipinski definition) is 5. The molecule has 84 valence electrons. The second kappa shape index (κ2) is 9.05. The molecule has 0 aromatic carbocycles. The average molecular weight is 214 g/mol. The van der Waals surface area contributed by atoms with Gasteiger partial charge in [0.05, 0.1) is 0 Å². The minimum atomic E-state index is -0.388. The van der Waals surface area contributed by atoms with Crippen LogP contribution in [0.5, 0.6) is 0 Å². The number of unbranched alkanes of at least 4 members (excludes halogenated alkanes) is 2. The van der Waals surface area contributed by atoms with Crippen molar-refractivity contribution >= 4 is 24.5 Å². The first-order valence-corrected chi connectivity index (χ1v) is 4.81. The zero-order valence-electron chi connectivity index (χ0n) is 8.44. The van der Waals surface area contributed by atoms with Crippen LogP contribution in [0.2, 0.25) is 0 Å². The quantitative estimate of drug-likeness (QED) is 0.299. The summed E-state index contributed by atoms with van der Waals surface area (Å²) >= 11 is 0. The molecule has 0 radical (unpaired) electrons. The van der Waals surface area contributed by atoms with E-state index in [1.165, 1.54) is 0 Å². The van der Waals surface area contributed by atoms with E-state index in [4.69, 9.17) is 0 Å². The minimum absolute atomic E-state index is 0.388. The van der Waals surface area contributed by atoms with Gasteiger partial charge >= 0.3 is 11.9 Å². The second-order valence-electron chi connectivity index (χ2n) is 2.96. The zero-order chi connectivity index (χ0) is 11.5. The van der Waals surface area contributed by atoms with Crippen molar-refractivity contribution in [3.63, 3.8) is 0 Å². The Balaban J connectivity index is 0.000000265. The second-order valence-corrected chi connectivity index (χ2v) is 2.96. The molecular weight excluding hydrogens is 200 g/mol. The maximum Gasteiger partial charge on any atom is 0.313 e. The molecular formula is C10H14O5. The Morgan fingerprint density at radius 3 is 1.73 bits per heavy atom. The van der Waals surface area contributed by atoms with Crippen LogP contribution in [0, 0.1) is 0 Å². The van der Waals surface area contributed by atoms with E-state index in [2.05, 4.69) is 4.74 Å². The molecule has 5 nitrogen and oxygen atoms in total. The smallest absolute Gasteiger partial charge is 0.313 e. The summed E-state index contributed by atoms with van der Waals surface area (Å²) in [5.41, 5.74) is 0. The third kappa shape index (κ3) is 8.80. The molecule has 1 aliphatic rings. The van der Waals surface area contributed by atoms with Gasteiger partial charge in [0.1, 0.15) is 12.6 Å². The van der Waals surface area contributed by atoms with Crippen LogP contribution < -0.4 is 0 Å². The lowest BCUT2D eigenvalue weighted by molar-refractivity contribution is -0.163. The molecule has 1 fully saturated rings. The molecule has 0 spiro atoms. The highest BCUT2D eigenvalue weighted by atomic mass is 16.6. The van der Waals surface area contributed by atoms with Gasteiger partial charge in [-0.1, -0.05) is 0 Å². The molecule has 0 unspecified atom stereocenters. The van der Waals surface area contributed by atoms with Gasteiger partial charge in [-0.05, 0) is 12.8 Å². The molecule has 1 saturated heterocycles. The number of esters is 2. The highest BCUT2D eigenvalue weighted by Crippen LogP contribution is 2.06. The number of ether oxygens (including phenoxy) is 1. The molecule has 0 aromatic heterocycles. The first kappa shape index (κ1) is 13.5. The summed E-state index contributed by atoms with van der Waals surface area (Å²) in [5, 5.41) is 0. The molecule has 15 heavy (non-hydrogen) atoms. The predicted octanol–water partition coefficient (Wildman–Crippen LogP) is 0.795. The van der Waals surface area contributed by atoms with Crippen LogP contribution in [0.15, 0.2) is 0 Å². The van der Waals surface area contributed by atoms with E-state index in [1.54, 1.807) is 0 Å². The molecule has 5 heteroatoms. The van der Waals surface area contributed by atoms with Crippen molar-refractivity contribution in [2.24, 2.45) is 0 Å². The van der Waals surface area contributed by atoms with Crippen molar-refractivity contribution in [2.45, 2.75) is 38.5 Å². The lowest BCUT2D eigenvalue weighted by Gasteiger charge is -2.06. The van der Waals surface area contributed by atoms with E-state index in [1.807, 2.05) is 0 Å². The van der Waals surface area contributed by atoms with Crippen molar-refractivity contribution in [3.05, 3.63) is 0 Å². The molecule has 0 amide bonds. The van der Waals surface area contributed by atoms with Crippen LogP contribution in [0.1, 0.15) is 38.5 Å². The Hall–Kier alpha value is -1.52. The number of aldehydes is 2. The monoisotopic (exact) mass is 214 g/mol. The van der Waals surface area contributed by atoms with E-state index in [9.17, 15) is 19.2 Å². The Labute approximate surface area is 87.8 Å². The Morgan fingerprint density at radius 2 is 1.47 bits per heavy atom. The molecule has 0 aliphatic carbocycles. The third-order valence-corrected chi connectivity index (χ3v) is 1.63. The Bertz CT molecular complexity index is 212. The lowest BCUT2D eigenvalue weighted by Crippen LogP contribution is -2.17. The first-order valence-electron chi connectivity index (χ1n) is 4.81. The van der Waals surface area contributed by atoms with Gasteiger partial charge in [-0.15, -0.1) is 0 Å². The van der Waals surface area contributed by atoms with Crippen LogP contribution in [0.4, 0.5) is 0 Å². The van der Waals surface area contributed by atoms with Gasteiger partial charge in [-0.2, -0.15) is 0 Å². The summed E-state index contributed by atoms with van der Waals surface area (Å²) in [6.45, 7) is 0. The summed E-state index contributed by atoms with van der Waals surface area (Å²) in [4.78, 5) is 39.6. The highest BCUT2D eigenvalue weighted by molar-refractivity contribution is 5.87.